The van der Waals surface area contributed by atoms with Crippen LogP contribution in [-0.2, 0) is 9.53 Å². The summed E-state index contributed by atoms with van der Waals surface area (Å²) in [6.07, 6.45) is 0.880. The quantitative estimate of drug-likeness (QED) is 0.569. The van der Waals surface area contributed by atoms with E-state index in [1.807, 2.05) is 6.07 Å². The molecular formula is C13H15NO4. The molecule has 0 bridgehead atoms. The predicted octanol–water partition coefficient (Wildman–Crippen LogP) is 1.90. The minimum Gasteiger partial charge on any atom is -0.493 e. The zero-order chi connectivity index (χ0) is 13.4. The third-order valence-corrected chi connectivity index (χ3v) is 2.30. The Labute approximate surface area is 106 Å². The van der Waals surface area contributed by atoms with Crippen LogP contribution in [-0.4, -0.2) is 26.8 Å². The first-order valence-electron chi connectivity index (χ1n) is 5.49. The predicted molar refractivity (Wildman–Crippen MR) is 64.5 cm³/mol. The van der Waals surface area contributed by atoms with E-state index in [0.29, 0.717) is 36.5 Å². The van der Waals surface area contributed by atoms with Gasteiger partial charge in [-0.05, 0) is 18.6 Å². The van der Waals surface area contributed by atoms with E-state index in [0.717, 1.165) is 0 Å². The molecule has 0 amide bonds. The van der Waals surface area contributed by atoms with E-state index in [1.165, 1.54) is 14.2 Å². The average Bonchev–Trinajstić information content (AvgIpc) is 2.43. The topological polar surface area (TPSA) is 68.5 Å². The Hall–Kier alpha value is -2.22. The molecular weight excluding hydrogens is 234 g/mol. The number of hydrogen-bond donors (Lipinski definition) is 0. The summed E-state index contributed by atoms with van der Waals surface area (Å²) in [6, 6.07) is 6.96. The second-order valence-electron chi connectivity index (χ2n) is 3.51. The molecule has 0 atom stereocenters. The third kappa shape index (κ3) is 3.98. The van der Waals surface area contributed by atoms with Crippen LogP contribution in [0.1, 0.15) is 18.4 Å². The molecule has 1 aromatic rings. The number of nitriles is 1. The molecule has 0 aliphatic heterocycles. The van der Waals surface area contributed by atoms with Crippen molar-refractivity contribution >= 4 is 5.97 Å². The molecule has 0 N–H and O–H groups in total. The lowest BCUT2D eigenvalue weighted by molar-refractivity contribution is -0.140. The van der Waals surface area contributed by atoms with E-state index < -0.39 is 0 Å². The van der Waals surface area contributed by atoms with Gasteiger partial charge in [0.2, 0.25) is 0 Å². The summed E-state index contributed by atoms with van der Waals surface area (Å²) in [5.74, 6) is 0.805. The number of carbonyl (C=O) groups excluding carboxylic acids is 1. The molecule has 0 fully saturated rings. The van der Waals surface area contributed by atoms with Crippen LogP contribution in [0.4, 0.5) is 0 Å². The van der Waals surface area contributed by atoms with Gasteiger partial charge in [-0.15, -0.1) is 0 Å². The van der Waals surface area contributed by atoms with Gasteiger partial charge in [0.15, 0.2) is 11.5 Å². The van der Waals surface area contributed by atoms with Crippen LogP contribution >= 0.6 is 0 Å². The maximum absolute atomic E-state index is 10.9. The number of benzene rings is 1. The van der Waals surface area contributed by atoms with Crippen molar-refractivity contribution in [3.05, 3.63) is 23.8 Å². The zero-order valence-electron chi connectivity index (χ0n) is 10.4. The minimum atomic E-state index is -0.259. The number of esters is 1. The van der Waals surface area contributed by atoms with Crippen LogP contribution < -0.4 is 9.47 Å². The number of methoxy groups -OCH3 is 2. The lowest BCUT2D eigenvalue weighted by Crippen LogP contribution is -2.05. The second kappa shape index (κ2) is 7.17. The van der Waals surface area contributed by atoms with Gasteiger partial charge in [0, 0.05) is 12.5 Å². The Balaban J connectivity index is 2.52. The Morgan fingerprint density at radius 2 is 2.11 bits per heavy atom. The molecule has 96 valence electrons. The number of ether oxygens (including phenoxy) is 3. The highest BCUT2D eigenvalue weighted by Crippen LogP contribution is 2.27. The highest BCUT2D eigenvalue weighted by Gasteiger charge is 2.06. The summed E-state index contributed by atoms with van der Waals surface area (Å²) in [7, 11) is 2.87. The number of hydrogen-bond acceptors (Lipinski definition) is 5. The Morgan fingerprint density at radius 3 is 2.72 bits per heavy atom. The van der Waals surface area contributed by atoms with Gasteiger partial charge in [-0.25, -0.2) is 0 Å². The van der Waals surface area contributed by atoms with Gasteiger partial charge in [-0.1, -0.05) is 0 Å². The van der Waals surface area contributed by atoms with Crippen molar-refractivity contribution in [1.82, 2.24) is 0 Å². The van der Waals surface area contributed by atoms with E-state index in [-0.39, 0.29) is 5.97 Å². The highest BCUT2D eigenvalue weighted by atomic mass is 16.5. The van der Waals surface area contributed by atoms with Crippen molar-refractivity contribution in [1.29, 1.82) is 5.26 Å². The molecule has 5 nitrogen and oxygen atoms in total. The Kier molecular flexibility index (Phi) is 5.52. The van der Waals surface area contributed by atoms with E-state index >= 15 is 0 Å². The van der Waals surface area contributed by atoms with Crippen LogP contribution in [0.5, 0.6) is 11.5 Å². The molecule has 0 aliphatic rings. The lowest BCUT2D eigenvalue weighted by Gasteiger charge is -2.10. The van der Waals surface area contributed by atoms with Crippen LogP contribution in [0.15, 0.2) is 18.2 Å². The molecule has 0 saturated heterocycles. The molecule has 0 heterocycles. The van der Waals surface area contributed by atoms with Crippen LogP contribution in [0.25, 0.3) is 0 Å². The molecule has 1 rings (SSSR count). The number of rotatable bonds is 6. The van der Waals surface area contributed by atoms with Crippen molar-refractivity contribution in [3.63, 3.8) is 0 Å². The molecule has 0 saturated carbocycles. The summed E-state index contributed by atoms with van der Waals surface area (Å²) < 4.78 is 15.1. The summed E-state index contributed by atoms with van der Waals surface area (Å²) in [5.41, 5.74) is 0.508. The summed E-state index contributed by atoms with van der Waals surface area (Å²) >= 11 is 0. The summed E-state index contributed by atoms with van der Waals surface area (Å²) in [5, 5.41) is 8.75. The minimum absolute atomic E-state index is 0.259. The van der Waals surface area contributed by atoms with Crippen molar-refractivity contribution in [3.8, 4) is 17.6 Å². The Bertz CT molecular complexity index is 451. The van der Waals surface area contributed by atoms with Crippen molar-refractivity contribution < 1.29 is 19.0 Å². The molecule has 0 aliphatic carbocycles. The van der Waals surface area contributed by atoms with Crippen LogP contribution in [0.3, 0.4) is 0 Å². The van der Waals surface area contributed by atoms with Gasteiger partial charge in [0.1, 0.15) is 0 Å². The molecule has 1 aromatic carbocycles. The van der Waals surface area contributed by atoms with Crippen molar-refractivity contribution in [2.75, 3.05) is 20.8 Å². The standard InChI is InChI=1S/C13H15NO4/c1-16-12-8-10(9-14)5-6-11(12)18-7-3-4-13(15)17-2/h5-6,8H,3-4,7H2,1-2H3. The molecule has 0 unspecified atom stereocenters. The maximum Gasteiger partial charge on any atom is 0.305 e. The fourth-order valence-corrected chi connectivity index (χ4v) is 1.36. The average molecular weight is 249 g/mol. The summed E-state index contributed by atoms with van der Waals surface area (Å²) in [4.78, 5) is 10.9. The van der Waals surface area contributed by atoms with E-state index in [1.54, 1.807) is 18.2 Å². The first kappa shape index (κ1) is 13.8. The van der Waals surface area contributed by atoms with Gasteiger partial charge >= 0.3 is 5.97 Å². The van der Waals surface area contributed by atoms with E-state index in [2.05, 4.69) is 4.74 Å². The smallest absolute Gasteiger partial charge is 0.305 e. The largest absolute Gasteiger partial charge is 0.493 e. The van der Waals surface area contributed by atoms with Gasteiger partial charge in [-0.2, -0.15) is 5.26 Å². The lowest BCUT2D eigenvalue weighted by atomic mass is 10.2. The molecule has 0 radical (unpaired) electrons. The molecule has 18 heavy (non-hydrogen) atoms. The Morgan fingerprint density at radius 1 is 1.33 bits per heavy atom. The van der Waals surface area contributed by atoms with Crippen LogP contribution in [0.2, 0.25) is 0 Å². The maximum atomic E-state index is 10.9. The van der Waals surface area contributed by atoms with Gasteiger partial charge in [-0.3, -0.25) is 4.79 Å². The fraction of sp³-hybridized carbons (Fsp3) is 0.385. The first-order valence-corrected chi connectivity index (χ1v) is 5.49. The molecule has 5 heteroatoms. The van der Waals surface area contributed by atoms with Gasteiger partial charge < -0.3 is 14.2 Å². The number of carbonyl (C=O) groups is 1. The number of nitrogens with zero attached hydrogens (tertiary/aromatic N) is 1. The monoisotopic (exact) mass is 249 g/mol. The van der Waals surface area contributed by atoms with Gasteiger partial charge in [0.05, 0.1) is 32.5 Å². The van der Waals surface area contributed by atoms with Crippen molar-refractivity contribution in [2.45, 2.75) is 12.8 Å². The zero-order valence-corrected chi connectivity index (χ0v) is 10.4. The fourth-order valence-electron chi connectivity index (χ4n) is 1.36. The summed E-state index contributed by atoms with van der Waals surface area (Å²) in [6.45, 7) is 0.386. The first-order chi connectivity index (χ1) is 8.71. The van der Waals surface area contributed by atoms with Crippen molar-refractivity contribution in [2.24, 2.45) is 0 Å². The molecule has 0 spiro atoms. The third-order valence-electron chi connectivity index (χ3n) is 2.30. The van der Waals surface area contributed by atoms with Crippen LogP contribution in [0, 0.1) is 11.3 Å². The molecule has 0 aromatic heterocycles. The highest BCUT2D eigenvalue weighted by molar-refractivity contribution is 5.69. The van der Waals surface area contributed by atoms with Gasteiger partial charge in [0.25, 0.3) is 0 Å². The second-order valence-corrected chi connectivity index (χ2v) is 3.51. The van der Waals surface area contributed by atoms with E-state index in [9.17, 15) is 4.79 Å². The normalized spacial score (nSPS) is 9.39. The SMILES string of the molecule is COC(=O)CCCOc1ccc(C#N)cc1OC. The van der Waals surface area contributed by atoms with E-state index in [4.69, 9.17) is 14.7 Å².